The average Bonchev–Trinajstić information content (AvgIpc) is 2.50. The van der Waals surface area contributed by atoms with E-state index in [1.807, 2.05) is 11.9 Å². The normalized spacial score (nSPS) is 10.5. The molecule has 0 fully saturated rings. The van der Waals surface area contributed by atoms with Crippen molar-refractivity contribution in [3.05, 3.63) is 11.3 Å². The summed E-state index contributed by atoms with van der Waals surface area (Å²) in [5.41, 5.74) is 0.773. The van der Waals surface area contributed by atoms with Gasteiger partial charge in [-0.1, -0.05) is 0 Å². The number of hydrogen-bond acceptors (Lipinski definition) is 4. The van der Waals surface area contributed by atoms with Crippen LogP contribution in [0.25, 0.3) is 0 Å². The molecule has 0 bridgehead atoms. The second-order valence-electron chi connectivity index (χ2n) is 3.63. The number of likely N-dealkylation sites (N-methyl/N-ethyl adjacent to an activating group) is 1. The molecule has 0 aliphatic heterocycles. The second-order valence-corrected chi connectivity index (χ2v) is 3.63. The van der Waals surface area contributed by atoms with E-state index in [4.69, 9.17) is 9.84 Å². The van der Waals surface area contributed by atoms with Crippen molar-refractivity contribution in [3.8, 4) is 0 Å². The van der Waals surface area contributed by atoms with Gasteiger partial charge < -0.3 is 14.7 Å². The van der Waals surface area contributed by atoms with Crippen LogP contribution in [0.1, 0.15) is 16.1 Å². The Labute approximate surface area is 94.4 Å². The van der Waals surface area contributed by atoms with Crippen LogP contribution < -0.4 is 4.90 Å². The molecule has 90 valence electrons. The van der Waals surface area contributed by atoms with Gasteiger partial charge in [0.2, 0.25) is 0 Å². The first-order valence-electron chi connectivity index (χ1n) is 4.96. The Morgan fingerprint density at radius 3 is 2.75 bits per heavy atom. The molecule has 6 nitrogen and oxygen atoms in total. The Kier molecular flexibility index (Phi) is 3.89. The standard InChI is InChI=1S/C10H17N3O3/c1-7-8(10(14)15)9(13(3)11-7)12(2)5-6-16-4/h5-6H2,1-4H3,(H,14,15). The van der Waals surface area contributed by atoms with E-state index in [0.717, 1.165) is 0 Å². The van der Waals surface area contributed by atoms with Crippen LogP contribution in [-0.4, -0.2) is 48.2 Å². The van der Waals surface area contributed by atoms with E-state index in [9.17, 15) is 4.79 Å². The Morgan fingerprint density at radius 1 is 1.62 bits per heavy atom. The van der Waals surface area contributed by atoms with E-state index in [2.05, 4.69) is 5.10 Å². The van der Waals surface area contributed by atoms with Gasteiger partial charge in [-0.15, -0.1) is 0 Å². The van der Waals surface area contributed by atoms with Crippen molar-refractivity contribution in [2.45, 2.75) is 6.92 Å². The van der Waals surface area contributed by atoms with Crippen LogP contribution in [0.5, 0.6) is 0 Å². The molecule has 0 aliphatic carbocycles. The summed E-state index contributed by atoms with van der Waals surface area (Å²) in [4.78, 5) is 12.9. The maximum atomic E-state index is 11.1. The summed E-state index contributed by atoms with van der Waals surface area (Å²) >= 11 is 0. The van der Waals surface area contributed by atoms with E-state index in [-0.39, 0.29) is 5.56 Å². The molecule has 0 atom stereocenters. The number of hydrogen-bond donors (Lipinski definition) is 1. The molecule has 1 aromatic heterocycles. The predicted octanol–water partition coefficient (Wildman–Crippen LogP) is 0.509. The van der Waals surface area contributed by atoms with Crippen LogP contribution in [0, 0.1) is 6.92 Å². The maximum Gasteiger partial charge on any atom is 0.341 e. The lowest BCUT2D eigenvalue weighted by Gasteiger charge is -2.19. The molecule has 1 aromatic rings. The van der Waals surface area contributed by atoms with Crippen LogP contribution in [0.4, 0.5) is 5.82 Å². The lowest BCUT2D eigenvalue weighted by molar-refractivity contribution is 0.0696. The summed E-state index contributed by atoms with van der Waals surface area (Å²) in [5.74, 6) is -0.355. The highest BCUT2D eigenvalue weighted by molar-refractivity contribution is 5.94. The first kappa shape index (κ1) is 12.5. The average molecular weight is 227 g/mol. The fraction of sp³-hybridized carbons (Fsp3) is 0.600. The number of aryl methyl sites for hydroxylation is 2. The highest BCUT2D eigenvalue weighted by atomic mass is 16.5. The number of carboxylic acid groups (broad SMARTS) is 1. The number of carbonyl (C=O) groups is 1. The zero-order valence-corrected chi connectivity index (χ0v) is 10.0. The number of methoxy groups -OCH3 is 1. The smallest absolute Gasteiger partial charge is 0.341 e. The Hall–Kier alpha value is -1.56. The van der Waals surface area contributed by atoms with Gasteiger partial charge in [-0.3, -0.25) is 4.68 Å². The summed E-state index contributed by atoms with van der Waals surface area (Å²) < 4.78 is 6.54. The van der Waals surface area contributed by atoms with Gasteiger partial charge in [0.15, 0.2) is 0 Å². The van der Waals surface area contributed by atoms with Crippen LogP contribution in [0.3, 0.4) is 0 Å². The molecule has 0 unspecified atom stereocenters. The molecule has 1 rings (SSSR count). The zero-order valence-electron chi connectivity index (χ0n) is 10.0. The van der Waals surface area contributed by atoms with Crippen molar-refractivity contribution in [1.82, 2.24) is 9.78 Å². The number of carboxylic acids is 1. The third-order valence-electron chi connectivity index (χ3n) is 2.40. The molecule has 0 aliphatic rings. The third-order valence-corrected chi connectivity index (χ3v) is 2.40. The van der Waals surface area contributed by atoms with Crippen LogP contribution >= 0.6 is 0 Å². The summed E-state index contributed by atoms with van der Waals surface area (Å²) in [6.07, 6.45) is 0. The fourth-order valence-corrected chi connectivity index (χ4v) is 1.67. The third kappa shape index (κ3) is 2.33. The Balaban J connectivity index is 3.06. The van der Waals surface area contributed by atoms with Gasteiger partial charge in [0.05, 0.1) is 12.3 Å². The summed E-state index contributed by atoms with van der Waals surface area (Å²) in [7, 11) is 5.17. The minimum absolute atomic E-state index is 0.251. The number of rotatable bonds is 5. The SMILES string of the molecule is COCCN(C)c1c(C(=O)O)c(C)nn1C. The number of ether oxygens (including phenoxy) is 1. The lowest BCUT2D eigenvalue weighted by Crippen LogP contribution is -2.26. The van der Waals surface area contributed by atoms with Crippen molar-refractivity contribution >= 4 is 11.8 Å². The van der Waals surface area contributed by atoms with E-state index >= 15 is 0 Å². The number of aromatic nitrogens is 2. The highest BCUT2D eigenvalue weighted by Crippen LogP contribution is 2.21. The Morgan fingerprint density at radius 2 is 2.25 bits per heavy atom. The van der Waals surface area contributed by atoms with Gasteiger partial charge >= 0.3 is 5.97 Å². The molecule has 0 saturated carbocycles. The molecule has 1 N–H and O–H groups in total. The maximum absolute atomic E-state index is 11.1. The van der Waals surface area contributed by atoms with Crippen molar-refractivity contribution in [1.29, 1.82) is 0 Å². The molecule has 0 spiro atoms. The van der Waals surface area contributed by atoms with Crippen LogP contribution in [0.15, 0.2) is 0 Å². The largest absolute Gasteiger partial charge is 0.477 e. The fourth-order valence-electron chi connectivity index (χ4n) is 1.67. The van der Waals surface area contributed by atoms with E-state index in [1.54, 1.807) is 25.8 Å². The molecule has 0 saturated heterocycles. The minimum Gasteiger partial charge on any atom is -0.477 e. The summed E-state index contributed by atoms with van der Waals surface area (Å²) in [5, 5.41) is 13.2. The monoisotopic (exact) mass is 227 g/mol. The summed E-state index contributed by atoms with van der Waals surface area (Å²) in [6, 6.07) is 0. The molecule has 0 aromatic carbocycles. The lowest BCUT2D eigenvalue weighted by atomic mass is 10.2. The van der Waals surface area contributed by atoms with Crippen LogP contribution in [-0.2, 0) is 11.8 Å². The van der Waals surface area contributed by atoms with Gasteiger partial charge in [-0.25, -0.2) is 4.79 Å². The second kappa shape index (κ2) is 4.98. The molecule has 0 amide bonds. The molecule has 1 heterocycles. The predicted molar refractivity (Wildman–Crippen MR) is 60.1 cm³/mol. The first-order chi connectivity index (χ1) is 7.49. The van der Waals surface area contributed by atoms with Crippen molar-refractivity contribution in [3.63, 3.8) is 0 Å². The van der Waals surface area contributed by atoms with Crippen molar-refractivity contribution < 1.29 is 14.6 Å². The number of nitrogens with zero attached hydrogens (tertiary/aromatic N) is 3. The molecular weight excluding hydrogens is 210 g/mol. The van der Waals surface area contributed by atoms with Crippen molar-refractivity contribution in [2.75, 3.05) is 32.2 Å². The van der Waals surface area contributed by atoms with Gasteiger partial charge in [0.1, 0.15) is 11.4 Å². The molecular formula is C10H17N3O3. The van der Waals surface area contributed by atoms with Crippen molar-refractivity contribution in [2.24, 2.45) is 7.05 Å². The van der Waals surface area contributed by atoms with Crippen LogP contribution in [0.2, 0.25) is 0 Å². The molecule has 6 heteroatoms. The molecule has 0 radical (unpaired) electrons. The zero-order chi connectivity index (χ0) is 12.3. The van der Waals surface area contributed by atoms with E-state index < -0.39 is 5.97 Å². The number of anilines is 1. The minimum atomic E-state index is -0.954. The van der Waals surface area contributed by atoms with Gasteiger partial charge in [-0.2, -0.15) is 5.10 Å². The van der Waals surface area contributed by atoms with E-state index in [1.165, 1.54) is 0 Å². The van der Waals surface area contributed by atoms with E-state index in [0.29, 0.717) is 24.7 Å². The van der Waals surface area contributed by atoms with Gasteiger partial charge in [-0.05, 0) is 6.92 Å². The number of aromatic carboxylic acids is 1. The Bertz CT molecular complexity index is 387. The highest BCUT2D eigenvalue weighted by Gasteiger charge is 2.22. The summed E-state index contributed by atoms with van der Waals surface area (Å²) in [6.45, 7) is 2.85. The quantitative estimate of drug-likeness (QED) is 0.793. The molecule has 16 heavy (non-hydrogen) atoms. The topological polar surface area (TPSA) is 67.6 Å². The van der Waals surface area contributed by atoms with Gasteiger partial charge in [0.25, 0.3) is 0 Å². The first-order valence-corrected chi connectivity index (χ1v) is 4.96. The van der Waals surface area contributed by atoms with Gasteiger partial charge in [0, 0.05) is 27.7 Å².